The fraction of sp³-hybridized carbons (Fsp3) is 0.296. The average Bonchev–Trinajstić information content (AvgIpc) is 3.42. The van der Waals surface area contributed by atoms with E-state index in [1.807, 2.05) is 22.9 Å². The highest BCUT2D eigenvalue weighted by molar-refractivity contribution is 5.84. The van der Waals surface area contributed by atoms with Crippen molar-refractivity contribution in [2.24, 2.45) is 5.92 Å². The predicted octanol–water partition coefficient (Wildman–Crippen LogP) is 6.07. The van der Waals surface area contributed by atoms with Crippen molar-refractivity contribution < 1.29 is 9.18 Å². The van der Waals surface area contributed by atoms with E-state index in [-0.39, 0.29) is 23.6 Å². The molecule has 1 aliphatic heterocycles. The number of rotatable bonds is 4. The number of Topliss-reactive ketones (excluding diaryl/α,β-unsaturated/α-hetero) is 1. The Labute approximate surface area is 186 Å². The van der Waals surface area contributed by atoms with Crippen LogP contribution in [0, 0.1) is 11.7 Å². The summed E-state index contributed by atoms with van der Waals surface area (Å²) in [7, 11) is 0. The molecule has 1 atom stereocenters. The van der Waals surface area contributed by atoms with Crippen LogP contribution in [0.1, 0.15) is 55.2 Å². The number of benzene rings is 2. The predicted molar refractivity (Wildman–Crippen MR) is 122 cm³/mol. The number of fused-ring (bicyclic) bond motifs is 4. The van der Waals surface area contributed by atoms with Crippen molar-refractivity contribution in [1.29, 1.82) is 0 Å². The van der Waals surface area contributed by atoms with Gasteiger partial charge >= 0.3 is 0 Å². The second kappa shape index (κ2) is 7.66. The number of ketones is 1. The highest BCUT2D eigenvalue weighted by atomic mass is 19.1. The van der Waals surface area contributed by atoms with Gasteiger partial charge in [0.15, 0.2) is 0 Å². The largest absolute Gasteiger partial charge is 0.322 e. The lowest BCUT2D eigenvalue weighted by molar-refractivity contribution is -0.124. The molecule has 0 radical (unpaired) electrons. The number of hydrogen-bond donors (Lipinski definition) is 0. The maximum Gasteiger partial charge on any atom is 0.138 e. The minimum atomic E-state index is -0.293. The standard InChI is InChI=1S/C27H24FN3O/c28-22-7-1-5-21-25-15-29-16-31(25)24(27(21)22)14-26(32)18-11-9-17(10-12-18)19-4-2-8-23-20(19)6-3-13-30-23/h1-8,13,15-18,24H,9-12,14H2. The molecule has 0 spiro atoms. The highest BCUT2D eigenvalue weighted by Crippen LogP contribution is 2.44. The average molecular weight is 426 g/mol. The van der Waals surface area contributed by atoms with Crippen molar-refractivity contribution in [2.75, 3.05) is 0 Å². The first-order valence-corrected chi connectivity index (χ1v) is 11.4. The Hall–Kier alpha value is -3.34. The third kappa shape index (κ3) is 3.07. The molecule has 3 heterocycles. The van der Waals surface area contributed by atoms with Crippen LogP contribution in [0.5, 0.6) is 0 Å². The van der Waals surface area contributed by atoms with E-state index < -0.39 is 0 Å². The summed E-state index contributed by atoms with van der Waals surface area (Å²) in [6, 6.07) is 15.3. The van der Waals surface area contributed by atoms with Crippen LogP contribution in [0.25, 0.3) is 22.2 Å². The Morgan fingerprint density at radius 1 is 1.03 bits per heavy atom. The second-order valence-electron chi connectivity index (χ2n) is 9.04. The van der Waals surface area contributed by atoms with E-state index >= 15 is 0 Å². The lowest BCUT2D eigenvalue weighted by Gasteiger charge is -2.29. The zero-order chi connectivity index (χ0) is 21.7. The van der Waals surface area contributed by atoms with Gasteiger partial charge in [0.2, 0.25) is 0 Å². The van der Waals surface area contributed by atoms with Crippen LogP contribution in [0.2, 0.25) is 0 Å². The van der Waals surface area contributed by atoms with E-state index in [4.69, 9.17) is 0 Å². The summed E-state index contributed by atoms with van der Waals surface area (Å²) in [5, 5.41) is 1.22. The molecule has 0 bridgehead atoms. The van der Waals surface area contributed by atoms with E-state index in [2.05, 4.69) is 34.2 Å². The van der Waals surface area contributed by atoms with Gasteiger partial charge < -0.3 is 4.57 Å². The van der Waals surface area contributed by atoms with Crippen molar-refractivity contribution in [2.45, 2.75) is 44.1 Å². The molecule has 1 aliphatic carbocycles. The number of carbonyl (C=O) groups is 1. The molecule has 0 amide bonds. The number of pyridine rings is 1. The SMILES string of the molecule is O=C(CC1c2c(F)cccc2-c2cncn21)C1CCC(c2cccc3ncccc23)CC1. The van der Waals surface area contributed by atoms with Crippen LogP contribution in [0.3, 0.4) is 0 Å². The molecule has 4 nitrogen and oxygen atoms in total. The third-order valence-corrected chi connectivity index (χ3v) is 7.36. The van der Waals surface area contributed by atoms with Crippen LogP contribution in [-0.2, 0) is 4.79 Å². The van der Waals surface area contributed by atoms with Crippen molar-refractivity contribution >= 4 is 16.7 Å². The molecule has 5 heteroatoms. The first-order valence-electron chi connectivity index (χ1n) is 11.4. The molecule has 4 aromatic rings. The number of carbonyl (C=O) groups excluding carboxylic acids is 1. The van der Waals surface area contributed by atoms with Crippen molar-refractivity contribution in [3.8, 4) is 11.3 Å². The van der Waals surface area contributed by atoms with E-state index in [9.17, 15) is 9.18 Å². The fourth-order valence-electron chi connectivity index (χ4n) is 5.77. The number of imidazole rings is 1. The lowest BCUT2D eigenvalue weighted by Crippen LogP contribution is -2.24. The molecule has 6 rings (SSSR count). The summed E-state index contributed by atoms with van der Waals surface area (Å²) in [5.41, 5.74) is 4.76. The smallest absolute Gasteiger partial charge is 0.138 e. The summed E-state index contributed by atoms with van der Waals surface area (Å²) in [6.45, 7) is 0. The molecule has 160 valence electrons. The third-order valence-electron chi connectivity index (χ3n) is 7.36. The summed E-state index contributed by atoms with van der Waals surface area (Å²) in [6.07, 6.45) is 9.39. The minimum Gasteiger partial charge on any atom is -0.322 e. The number of hydrogen-bond acceptors (Lipinski definition) is 3. The van der Waals surface area contributed by atoms with Gasteiger partial charge in [0, 0.05) is 35.0 Å². The van der Waals surface area contributed by atoms with Gasteiger partial charge in [-0.1, -0.05) is 30.3 Å². The van der Waals surface area contributed by atoms with Crippen LogP contribution >= 0.6 is 0 Å². The topological polar surface area (TPSA) is 47.8 Å². The molecule has 32 heavy (non-hydrogen) atoms. The van der Waals surface area contributed by atoms with Gasteiger partial charge in [-0.25, -0.2) is 9.37 Å². The summed E-state index contributed by atoms with van der Waals surface area (Å²) in [4.78, 5) is 22.0. The molecule has 1 saturated carbocycles. The van der Waals surface area contributed by atoms with Crippen LogP contribution in [0.4, 0.5) is 4.39 Å². The first kappa shape index (κ1) is 19.4. The van der Waals surface area contributed by atoms with Gasteiger partial charge in [-0.3, -0.25) is 9.78 Å². The molecular weight excluding hydrogens is 401 g/mol. The van der Waals surface area contributed by atoms with Crippen molar-refractivity contribution in [3.05, 3.63) is 84.2 Å². The van der Waals surface area contributed by atoms with Gasteiger partial charge in [-0.2, -0.15) is 0 Å². The van der Waals surface area contributed by atoms with Gasteiger partial charge in [-0.15, -0.1) is 0 Å². The second-order valence-corrected chi connectivity index (χ2v) is 9.04. The monoisotopic (exact) mass is 425 g/mol. The van der Waals surface area contributed by atoms with Gasteiger partial charge in [-0.05, 0) is 55.4 Å². The molecule has 1 unspecified atom stereocenters. The maximum absolute atomic E-state index is 14.7. The fourth-order valence-corrected chi connectivity index (χ4v) is 5.77. The van der Waals surface area contributed by atoms with E-state index in [1.165, 1.54) is 17.0 Å². The Balaban J connectivity index is 1.19. The molecule has 1 fully saturated rings. The van der Waals surface area contributed by atoms with Gasteiger partial charge in [0.1, 0.15) is 11.6 Å². The van der Waals surface area contributed by atoms with E-state index in [0.717, 1.165) is 42.5 Å². The minimum absolute atomic E-state index is 0.0437. The Bertz CT molecular complexity index is 1310. The highest BCUT2D eigenvalue weighted by Gasteiger charge is 2.35. The zero-order valence-corrected chi connectivity index (χ0v) is 17.7. The van der Waals surface area contributed by atoms with Crippen molar-refractivity contribution in [1.82, 2.24) is 14.5 Å². The molecule has 0 N–H and O–H groups in total. The zero-order valence-electron chi connectivity index (χ0n) is 17.7. The normalized spacial score (nSPS) is 22.0. The summed E-state index contributed by atoms with van der Waals surface area (Å²) < 4.78 is 16.7. The van der Waals surface area contributed by atoms with E-state index in [0.29, 0.717) is 17.9 Å². The maximum atomic E-state index is 14.7. The molecule has 2 aromatic heterocycles. The summed E-state index contributed by atoms with van der Waals surface area (Å²) in [5.74, 6) is 0.500. The molecule has 2 aliphatic rings. The lowest BCUT2D eigenvalue weighted by atomic mass is 9.75. The number of nitrogens with zero attached hydrogens (tertiary/aromatic N) is 3. The Morgan fingerprint density at radius 2 is 1.88 bits per heavy atom. The number of halogens is 1. The van der Waals surface area contributed by atoms with Crippen LogP contribution in [-0.4, -0.2) is 20.3 Å². The number of aromatic nitrogens is 3. The first-order chi connectivity index (χ1) is 15.7. The molecular formula is C27H24FN3O. The molecule has 2 aromatic carbocycles. The van der Waals surface area contributed by atoms with Crippen LogP contribution < -0.4 is 0 Å². The van der Waals surface area contributed by atoms with Gasteiger partial charge in [0.05, 0.1) is 29.8 Å². The molecule has 0 saturated heterocycles. The van der Waals surface area contributed by atoms with Crippen molar-refractivity contribution in [3.63, 3.8) is 0 Å². The summed E-state index contributed by atoms with van der Waals surface area (Å²) >= 11 is 0. The van der Waals surface area contributed by atoms with Gasteiger partial charge in [0.25, 0.3) is 0 Å². The van der Waals surface area contributed by atoms with Crippen LogP contribution in [0.15, 0.2) is 67.3 Å². The Kier molecular flexibility index (Phi) is 4.63. The van der Waals surface area contributed by atoms with E-state index in [1.54, 1.807) is 18.6 Å². The Morgan fingerprint density at radius 3 is 2.75 bits per heavy atom. The quantitative estimate of drug-likeness (QED) is 0.398.